The van der Waals surface area contributed by atoms with E-state index in [2.05, 4.69) is 44.3 Å². The molecule has 1 N–H and O–H groups in total. The third kappa shape index (κ3) is 10.0. The Kier molecular flexibility index (Phi) is 14.8. The molecule has 0 saturated carbocycles. The molecule has 1 aromatic rings. The van der Waals surface area contributed by atoms with Crippen LogP contribution in [-0.4, -0.2) is 82.4 Å². The maximum atomic E-state index is 12.6. The molecule has 0 spiro atoms. The summed E-state index contributed by atoms with van der Waals surface area (Å²) in [6, 6.07) is 1.56. The van der Waals surface area contributed by atoms with E-state index in [4.69, 9.17) is 23.3 Å². The van der Waals surface area contributed by atoms with Crippen LogP contribution in [0.3, 0.4) is 0 Å². The summed E-state index contributed by atoms with van der Waals surface area (Å²) >= 11 is 1.29. The molecule has 224 valence electrons. The number of aromatic nitrogens is 2. The van der Waals surface area contributed by atoms with E-state index in [0.29, 0.717) is 32.0 Å². The molecule has 2 rings (SSSR count). The van der Waals surface area contributed by atoms with Gasteiger partial charge in [0.05, 0.1) is 25.9 Å². The predicted molar refractivity (Wildman–Crippen MR) is 154 cm³/mol. The first-order chi connectivity index (χ1) is 18.5. The van der Waals surface area contributed by atoms with Crippen molar-refractivity contribution in [1.82, 2.24) is 14.2 Å². The van der Waals surface area contributed by atoms with Crippen LogP contribution in [0.4, 0.5) is 0 Å². The Labute approximate surface area is 237 Å². The predicted octanol–water partition coefficient (Wildman–Crippen LogP) is 3.93. The van der Waals surface area contributed by atoms with E-state index in [9.17, 15) is 14.4 Å². The fourth-order valence-corrected chi connectivity index (χ4v) is 6.82. The molecular formula is C26H46N3O8PS. The number of rotatable bonds is 17. The second-order valence-electron chi connectivity index (χ2n) is 10.2. The first kappa shape index (κ1) is 34.1. The van der Waals surface area contributed by atoms with E-state index < -0.39 is 38.2 Å². The Morgan fingerprint density at radius 3 is 2.38 bits per heavy atom. The molecule has 1 aromatic heterocycles. The lowest BCUT2D eigenvalue weighted by molar-refractivity contribution is -0.113. The number of ether oxygens (including phenoxy) is 3. The van der Waals surface area contributed by atoms with Crippen molar-refractivity contribution in [1.29, 1.82) is 0 Å². The molecule has 11 nitrogen and oxygen atoms in total. The zero-order chi connectivity index (χ0) is 29.1. The molecule has 2 heterocycles. The lowest BCUT2D eigenvalue weighted by Crippen LogP contribution is -2.41. The van der Waals surface area contributed by atoms with E-state index >= 15 is 0 Å². The second kappa shape index (κ2) is 17.0. The lowest BCUT2D eigenvalue weighted by Gasteiger charge is -2.38. The van der Waals surface area contributed by atoms with Crippen LogP contribution in [0, 0.1) is 5.92 Å². The van der Waals surface area contributed by atoms with Crippen molar-refractivity contribution in [2.24, 2.45) is 5.92 Å². The highest BCUT2D eigenvalue weighted by Crippen LogP contribution is 2.50. The molecule has 39 heavy (non-hydrogen) atoms. The van der Waals surface area contributed by atoms with E-state index in [0.717, 1.165) is 6.42 Å². The highest BCUT2D eigenvalue weighted by Gasteiger charge is 2.49. The van der Waals surface area contributed by atoms with Gasteiger partial charge in [-0.25, -0.2) is 9.46 Å². The third-order valence-electron chi connectivity index (χ3n) is 6.09. The Morgan fingerprint density at radius 1 is 1.13 bits per heavy atom. The van der Waals surface area contributed by atoms with Gasteiger partial charge in [-0.15, -0.1) is 0 Å². The standard InChI is InChI=1S/C26H46N3O8PS/c1-9-10-20-22(23(33-8)24(36-20)28-12-11-21(30)27-26(28)32)37-38(29(18(4)5)19(6)7)35-14-13-34-15-16-39-25(31)17(2)3/h11-12,17-20,22-24H,9-10,13-16H2,1-8H3,(H,27,30,32). The van der Waals surface area contributed by atoms with Gasteiger partial charge in [0, 0.05) is 43.1 Å². The Balaban J connectivity index is 2.16. The summed E-state index contributed by atoms with van der Waals surface area (Å²) in [4.78, 5) is 38.2. The van der Waals surface area contributed by atoms with E-state index in [1.807, 2.05) is 13.8 Å². The number of carbonyl (C=O) groups excluding carboxylic acids is 1. The van der Waals surface area contributed by atoms with Gasteiger partial charge < -0.3 is 23.3 Å². The molecule has 0 bridgehead atoms. The van der Waals surface area contributed by atoms with Gasteiger partial charge in [-0.05, 0) is 34.1 Å². The van der Waals surface area contributed by atoms with Crippen molar-refractivity contribution in [2.75, 3.05) is 32.7 Å². The molecule has 0 aliphatic carbocycles. The van der Waals surface area contributed by atoms with E-state index in [1.54, 1.807) is 7.11 Å². The molecule has 1 aliphatic rings. The van der Waals surface area contributed by atoms with Crippen molar-refractivity contribution in [3.8, 4) is 0 Å². The van der Waals surface area contributed by atoms with Crippen LogP contribution in [0.15, 0.2) is 21.9 Å². The number of nitrogens with one attached hydrogen (secondary N) is 1. The number of thioether (sulfide) groups is 1. The van der Waals surface area contributed by atoms with Crippen molar-refractivity contribution in [3.05, 3.63) is 33.1 Å². The lowest BCUT2D eigenvalue weighted by atomic mass is 10.1. The van der Waals surface area contributed by atoms with E-state index in [-0.39, 0.29) is 29.2 Å². The summed E-state index contributed by atoms with van der Waals surface area (Å²) in [6.45, 7) is 15.3. The normalized spacial score (nSPS) is 22.5. The SMILES string of the molecule is CCCC1OC(n2ccc(=O)[nH]c2=O)C(OC)C1OP(OCCOCCSC(=O)C(C)C)N(C(C)C)C(C)C. The highest BCUT2D eigenvalue weighted by atomic mass is 32.2. The summed E-state index contributed by atoms with van der Waals surface area (Å²) in [6.07, 6.45) is 0.735. The monoisotopic (exact) mass is 591 g/mol. The fourth-order valence-electron chi connectivity index (χ4n) is 4.33. The smallest absolute Gasteiger partial charge is 0.330 e. The quantitative estimate of drug-likeness (QED) is 0.211. The van der Waals surface area contributed by atoms with Gasteiger partial charge in [-0.1, -0.05) is 39.0 Å². The Morgan fingerprint density at radius 2 is 1.82 bits per heavy atom. The van der Waals surface area contributed by atoms with Crippen LogP contribution in [0.25, 0.3) is 0 Å². The average Bonchev–Trinajstić information content (AvgIpc) is 3.19. The van der Waals surface area contributed by atoms with E-state index in [1.165, 1.54) is 28.6 Å². The largest absolute Gasteiger partial charge is 0.378 e. The van der Waals surface area contributed by atoms with Crippen molar-refractivity contribution < 1.29 is 28.1 Å². The topological polar surface area (TPSA) is 121 Å². The Hall–Kier alpha value is -1.11. The zero-order valence-corrected chi connectivity index (χ0v) is 26.2. The highest BCUT2D eigenvalue weighted by molar-refractivity contribution is 8.13. The summed E-state index contributed by atoms with van der Waals surface area (Å²) in [5.41, 5.74) is -1.05. The van der Waals surface area contributed by atoms with Gasteiger partial charge in [0.15, 0.2) is 11.3 Å². The van der Waals surface area contributed by atoms with Crippen LogP contribution in [0.2, 0.25) is 0 Å². The number of aromatic amines is 1. The second-order valence-corrected chi connectivity index (χ2v) is 12.7. The maximum absolute atomic E-state index is 12.6. The van der Waals surface area contributed by atoms with Gasteiger partial charge in [0.25, 0.3) is 14.1 Å². The van der Waals surface area contributed by atoms with Crippen LogP contribution in [0.1, 0.15) is 67.5 Å². The minimum absolute atomic E-state index is 0.00604. The minimum atomic E-state index is -1.54. The van der Waals surface area contributed by atoms with Gasteiger partial charge in [0.2, 0.25) is 0 Å². The average molecular weight is 592 g/mol. The molecule has 1 fully saturated rings. The van der Waals surface area contributed by atoms with Gasteiger partial charge in [-0.3, -0.25) is 19.1 Å². The maximum Gasteiger partial charge on any atom is 0.330 e. The van der Waals surface area contributed by atoms with Crippen molar-refractivity contribution in [2.45, 2.75) is 97.9 Å². The zero-order valence-electron chi connectivity index (χ0n) is 24.5. The minimum Gasteiger partial charge on any atom is -0.378 e. The fraction of sp³-hybridized carbons (Fsp3) is 0.808. The van der Waals surface area contributed by atoms with Gasteiger partial charge in [0.1, 0.15) is 12.2 Å². The molecule has 5 atom stereocenters. The van der Waals surface area contributed by atoms with Crippen molar-refractivity contribution >= 4 is 25.4 Å². The summed E-state index contributed by atoms with van der Waals surface area (Å²) in [7, 11) is 0.0205. The number of hydrogen-bond donors (Lipinski definition) is 1. The first-order valence-electron chi connectivity index (χ1n) is 13.6. The molecule has 0 aromatic carbocycles. The first-order valence-corrected chi connectivity index (χ1v) is 15.7. The number of hydrogen-bond acceptors (Lipinski definition) is 10. The molecular weight excluding hydrogens is 545 g/mol. The molecule has 1 saturated heterocycles. The van der Waals surface area contributed by atoms with Crippen LogP contribution in [0.5, 0.6) is 0 Å². The molecule has 0 amide bonds. The molecule has 0 radical (unpaired) electrons. The molecule has 1 aliphatic heterocycles. The van der Waals surface area contributed by atoms with Gasteiger partial charge >= 0.3 is 5.69 Å². The third-order valence-corrected chi connectivity index (χ3v) is 9.34. The van der Waals surface area contributed by atoms with Gasteiger partial charge in [-0.2, -0.15) is 0 Å². The molecule has 13 heteroatoms. The summed E-state index contributed by atoms with van der Waals surface area (Å²) < 4.78 is 34.4. The number of nitrogens with zero attached hydrogens (tertiary/aromatic N) is 2. The number of carbonyl (C=O) groups is 1. The number of methoxy groups -OCH3 is 1. The van der Waals surface area contributed by atoms with Crippen molar-refractivity contribution in [3.63, 3.8) is 0 Å². The van der Waals surface area contributed by atoms with Crippen LogP contribution < -0.4 is 11.2 Å². The number of H-pyrrole nitrogens is 1. The molecule has 5 unspecified atom stereocenters. The summed E-state index contributed by atoms with van der Waals surface area (Å²) in [5, 5.41) is 0.159. The van der Waals surface area contributed by atoms with Crippen LogP contribution in [-0.2, 0) is 28.1 Å². The van der Waals surface area contributed by atoms with Crippen LogP contribution >= 0.6 is 20.3 Å². The Bertz CT molecular complexity index is 980. The summed E-state index contributed by atoms with van der Waals surface area (Å²) in [5.74, 6) is 0.609.